The zero-order chi connectivity index (χ0) is 12.9. The third-order valence-electron chi connectivity index (χ3n) is 2.63. The van der Waals surface area contributed by atoms with Gasteiger partial charge < -0.3 is 11.1 Å². The molecule has 3 N–H and O–H groups in total. The number of carbonyl (C=O) groups is 1. The lowest BCUT2D eigenvalue weighted by molar-refractivity contribution is -0.123. The van der Waals surface area contributed by atoms with Crippen molar-refractivity contribution in [1.82, 2.24) is 5.32 Å². The summed E-state index contributed by atoms with van der Waals surface area (Å²) in [5, 5.41) is 2.91. The van der Waals surface area contributed by atoms with Crippen LogP contribution in [0.5, 0.6) is 0 Å². The Morgan fingerprint density at radius 3 is 2.65 bits per heavy atom. The van der Waals surface area contributed by atoms with E-state index in [0.29, 0.717) is 19.5 Å². The van der Waals surface area contributed by atoms with Crippen LogP contribution < -0.4 is 11.1 Å². The number of halogens is 1. The van der Waals surface area contributed by atoms with Gasteiger partial charge in [-0.05, 0) is 23.6 Å². The zero-order valence-electron chi connectivity index (χ0n) is 10.3. The fraction of sp³-hybridized carbons (Fsp3) is 0.462. The Labute approximate surface area is 111 Å². The highest BCUT2D eigenvalue weighted by Crippen LogP contribution is 2.18. The molecule has 0 aliphatic carbocycles. The fourth-order valence-corrected chi connectivity index (χ4v) is 1.83. The molecule has 0 unspecified atom stereocenters. The highest BCUT2D eigenvalue weighted by Gasteiger charge is 2.19. The quantitative estimate of drug-likeness (QED) is 0.877. The van der Waals surface area contributed by atoms with Gasteiger partial charge in [0.05, 0.1) is 0 Å². The van der Waals surface area contributed by atoms with Gasteiger partial charge in [-0.3, -0.25) is 4.79 Å². The van der Waals surface area contributed by atoms with E-state index >= 15 is 0 Å². The van der Waals surface area contributed by atoms with Gasteiger partial charge in [-0.1, -0.05) is 48.0 Å². The van der Waals surface area contributed by atoms with Crippen molar-refractivity contribution in [2.75, 3.05) is 6.54 Å². The van der Waals surface area contributed by atoms with Crippen molar-refractivity contribution in [2.45, 2.75) is 26.8 Å². The van der Waals surface area contributed by atoms with E-state index < -0.39 is 0 Å². The number of rotatable bonds is 5. The van der Waals surface area contributed by atoms with Crippen LogP contribution >= 0.6 is 15.9 Å². The highest BCUT2D eigenvalue weighted by atomic mass is 79.9. The fourth-order valence-electron chi connectivity index (χ4n) is 1.40. The molecule has 0 heterocycles. The molecule has 0 saturated heterocycles. The van der Waals surface area contributed by atoms with Crippen molar-refractivity contribution in [1.29, 1.82) is 0 Å². The predicted molar refractivity (Wildman–Crippen MR) is 73.4 cm³/mol. The van der Waals surface area contributed by atoms with Gasteiger partial charge in [0.1, 0.15) is 0 Å². The van der Waals surface area contributed by atoms with Crippen LogP contribution in [0, 0.1) is 5.41 Å². The number of hydrogen-bond donors (Lipinski definition) is 2. The van der Waals surface area contributed by atoms with Gasteiger partial charge in [0.25, 0.3) is 0 Å². The van der Waals surface area contributed by atoms with Crippen molar-refractivity contribution < 1.29 is 4.79 Å². The second kappa shape index (κ2) is 6.17. The van der Waals surface area contributed by atoms with E-state index in [1.165, 1.54) is 0 Å². The summed E-state index contributed by atoms with van der Waals surface area (Å²) in [6.45, 7) is 5.03. The van der Waals surface area contributed by atoms with Gasteiger partial charge in [0, 0.05) is 17.4 Å². The molecule has 0 radical (unpaired) electrons. The van der Waals surface area contributed by atoms with E-state index in [2.05, 4.69) is 21.2 Å². The molecule has 0 aromatic heterocycles. The summed E-state index contributed by atoms with van der Waals surface area (Å²) >= 11 is 3.45. The molecule has 0 atom stereocenters. The number of amides is 1. The van der Waals surface area contributed by atoms with Crippen molar-refractivity contribution >= 4 is 21.8 Å². The summed E-state index contributed by atoms with van der Waals surface area (Å²) in [6.07, 6.45) is 0.452. The maximum atomic E-state index is 11.7. The number of benzene rings is 1. The molecule has 0 aliphatic rings. The molecular formula is C13H19BrN2O. The Bertz CT molecular complexity index is 391. The molecule has 4 heteroatoms. The lowest BCUT2D eigenvalue weighted by atomic mass is 9.89. The minimum Gasteiger partial charge on any atom is -0.352 e. The summed E-state index contributed by atoms with van der Waals surface area (Å²) in [4.78, 5) is 11.7. The van der Waals surface area contributed by atoms with Gasteiger partial charge in [-0.15, -0.1) is 0 Å². The van der Waals surface area contributed by atoms with Crippen LogP contribution in [0.15, 0.2) is 28.7 Å². The first-order valence-corrected chi connectivity index (χ1v) is 6.44. The van der Waals surface area contributed by atoms with Crippen molar-refractivity contribution in [3.05, 3.63) is 34.3 Å². The molecule has 0 spiro atoms. The minimum absolute atomic E-state index is 0.0382. The van der Waals surface area contributed by atoms with Crippen LogP contribution in [0.25, 0.3) is 0 Å². The van der Waals surface area contributed by atoms with E-state index in [1.54, 1.807) is 0 Å². The first-order chi connectivity index (χ1) is 7.94. The van der Waals surface area contributed by atoms with E-state index in [-0.39, 0.29) is 11.3 Å². The first-order valence-electron chi connectivity index (χ1n) is 5.65. The van der Waals surface area contributed by atoms with Gasteiger partial charge in [-0.25, -0.2) is 0 Å². The van der Waals surface area contributed by atoms with E-state index in [0.717, 1.165) is 10.0 Å². The average molecular weight is 299 g/mol. The highest BCUT2D eigenvalue weighted by molar-refractivity contribution is 9.10. The molecule has 0 saturated carbocycles. The Morgan fingerprint density at radius 2 is 2.06 bits per heavy atom. The van der Waals surface area contributed by atoms with Crippen molar-refractivity contribution in [3.8, 4) is 0 Å². The van der Waals surface area contributed by atoms with Crippen LogP contribution in [-0.4, -0.2) is 12.5 Å². The topological polar surface area (TPSA) is 55.1 Å². The number of carbonyl (C=O) groups excluding carboxylic acids is 1. The van der Waals surface area contributed by atoms with Crippen LogP contribution in [0.3, 0.4) is 0 Å². The Hall–Kier alpha value is -0.870. The number of nitrogens with one attached hydrogen (secondary N) is 1. The Balaban J connectivity index is 2.47. The zero-order valence-corrected chi connectivity index (χ0v) is 11.9. The van der Waals surface area contributed by atoms with Crippen LogP contribution in [0.1, 0.15) is 25.8 Å². The standard InChI is InChI=1S/C13H19BrN2O/c1-13(2,9-15)7-12(17)16-8-10-5-3-4-6-11(10)14/h3-6H,7-9,15H2,1-2H3,(H,16,17). The summed E-state index contributed by atoms with van der Waals surface area (Å²) in [5.41, 5.74) is 6.53. The van der Waals surface area contributed by atoms with Gasteiger partial charge >= 0.3 is 0 Å². The van der Waals surface area contributed by atoms with Crippen molar-refractivity contribution in [3.63, 3.8) is 0 Å². The summed E-state index contributed by atoms with van der Waals surface area (Å²) in [5.74, 6) is 0.0382. The molecule has 17 heavy (non-hydrogen) atoms. The summed E-state index contributed by atoms with van der Waals surface area (Å²) in [7, 11) is 0. The van der Waals surface area contributed by atoms with E-state index in [9.17, 15) is 4.79 Å². The normalized spacial score (nSPS) is 11.3. The molecule has 1 rings (SSSR count). The maximum Gasteiger partial charge on any atom is 0.220 e. The smallest absolute Gasteiger partial charge is 0.220 e. The predicted octanol–water partition coefficient (Wildman–Crippen LogP) is 2.44. The molecular weight excluding hydrogens is 280 g/mol. The van der Waals surface area contributed by atoms with Crippen LogP contribution in [-0.2, 0) is 11.3 Å². The average Bonchev–Trinajstić information content (AvgIpc) is 2.27. The van der Waals surface area contributed by atoms with Crippen LogP contribution in [0.4, 0.5) is 0 Å². The third-order valence-corrected chi connectivity index (χ3v) is 3.40. The largest absolute Gasteiger partial charge is 0.352 e. The lowest BCUT2D eigenvalue weighted by Crippen LogP contribution is -2.32. The second-order valence-corrected chi connectivity index (χ2v) is 5.77. The number of nitrogens with two attached hydrogens (primary N) is 1. The number of hydrogen-bond acceptors (Lipinski definition) is 2. The third kappa shape index (κ3) is 4.88. The molecule has 0 aliphatic heterocycles. The first kappa shape index (κ1) is 14.2. The monoisotopic (exact) mass is 298 g/mol. The van der Waals surface area contributed by atoms with Crippen molar-refractivity contribution in [2.24, 2.45) is 11.1 Å². The summed E-state index contributed by atoms with van der Waals surface area (Å²) in [6, 6.07) is 7.85. The van der Waals surface area contributed by atoms with E-state index in [4.69, 9.17) is 5.73 Å². The van der Waals surface area contributed by atoms with Gasteiger partial charge in [-0.2, -0.15) is 0 Å². The molecule has 0 fully saturated rings. The van der Waals surface area contributed by atoms with Crippen LogP contribution in [0.2, 0.25) is 0 Å². The molecule has 1 amide bonds. The molecule has 3 nitrogen and oxygen atoms in total. The molecule has 1 aromatic rings. The minimum atomic E-state index is -0.141. The molecule has 94 valence electrons. The second-order valence-electron chi connectivity index (χ2n) is 4.91. The SMILES string of the molecule is CC(C)(CN)CC(=O)NCc1ccccc1Br. The van der Waals surface area contributed by atoms with Gasteiger partial charge in [0.2, 0.25) is 5.91 Å². The van der Waals surface area contributed by atoms with E-state index in [1.807, 2.05) is 38.1 Å². The molecule has 0 bridgehead atoms. The maximum absolute atomic E-state index is 11.7. The van der Waals surface area contributed by atoms with Gasteiger partial charge in [0.15, 0.2) is 0 Å². The Morgan fingerprint density at radius 1 is 1.41 bits per heavy atom. The molecule has 1 aromatic carbocycles. The Kier molecular flexibility index (Phi) is 5.15. The lowest BCUT2D eigenvalue weighted by Gasteiger charge is -2.21. The summed E-state index contributed by atoms with van der Waals surface area (Å²) < 4.78 is 1.01.